The number of aromatic amines is 2. The third-order valence-corrected chi connectivity index (χ3v) is 5.69. The number of hydrogen-bond donors (Lipinski definition) is 2. The van der Waals surface area contributed by atoms with Gasteiger partial charge in [-0.15, -0.1) is 0 Å². The first-order valence-corrected chi connectivity index (χ1v) is 10.4. The SMILES string of the molecule is Cc1cccc(-c2nc(-c3c[nH]c4ccc(Br)cc34)[nH]c2-c2cccc(C)c2)c1. The number of aromatic nitrogens is 3. The molecule has 0 fully saturated rings. The Morgan fingerprint density at radius 3 is 2.31 bits per heavy atom. The highest BCUT2D eigenvalue weighted by Gasteiger charge is 2.17. The monoisotopic (exact) mass is 441 g/mol. The van der Waals surface area contributed by atoms with Crippen molar-refractivity contribution < 1.29 is 0 Å². The van der Waals surface area contributed by atoms with Crippen LogP contribution in [0.15, 0.2) is 77.4 Å². The lowest BCUT2D eigenvalue weighted by Crippen LogP contribution is -1.85. The molecule has 0 spiro atoms. The summed E-state index contributed by atoms with van der Waals surface area (Å²) in [5.41, 5.74) is 8.87. The number of H-pyrrole nitrogens is 2. The molecule has 5 rings (SSSR count). The molecule has 0 bridgehead atoms. The Kier molecular flexibility index (Phi) is 4.36. The predicted octanol–water partition coefficient (Wildman–Crippen LogP) is 7.27. The lowest BCUT2D eigenvalue weighted by atomic mass is 10.0. The van der Waals surface area contributed by atoms with Gasteiger partial charge in [0.25, 0.3) is 0 Å². The largest absolute Gasteiger partial charge is 0.360 e. The fraction of sp³-hybridized carbons (Fsp3) is 0.0800. The maximum atomic E-state index is 5.06. The van der Waals surface area contributed by atoms with Crippen molar-refractivity contribution in [1.29, 1.82) is 0 Å². The Morgan fingerprint density at radius 2 is 1.55 bits per heavy atom. The van der Waals surface area contributed by atoms with Crippen LogP contribution in [-0.4, -0.2) is 15.0 Å². The minimum atomic E-state index is 0.863. The van der Waals surface area contributed by atoms with Crippen LogP contribution in [0.3, 0.4) is 0 Å². The van der Waals surface area contributed by atoms with Crippen LogP contribution in [0.2, 0.25) is 0 Å². The fourth-order valence-corrected chi connectivity index (χ4v) is 4.16. The Balaban J connectivity index is 1.75. The van der Waals surface area contributed by atoms with Gasteiger partial charge in [0.15, 0.2) is 0 Å². The molecule has 3 nitrogen and oxygen atoms in total. The molecule has 0 amide bonds. The molecule has 2 aromatic heterocycles. The quantitative estimate of drug-likeness (QED) is 0.303. The number of fused-ring (bicyclic) bond motifs is 1. The summed E-state index contributed by atoms with van der Waals surface area (Å²) in [6.45, 7) is 4.23. The zero-order valence-electron chi connectivity index (χ0n) is 16.3. The molecular formula is C25H20BrN3. The van der Waals surface area contributed by atoms with E-state index in [-0.39, 0.29) is 0 Å². The number of imidazole rings is 1. The molecule has 0 unspecified atom stereocenters. The van der Waals surface area contributed by atoms with Crippen molar-refractivity contribution in [2.75, 3.05) is 0 Å². The Bertz CT molecular complexity index is 1280. The third-order valence-electron chi connectivity index (χ3n) is 5.20. The van der Waals surface area contributed by atoms with Gasteiger partial charge in [-0.1, -0.05) is 63.5 Å². The van der Waals surface area contributed by atoms with Gasteiger partial charge in [0.05, 0.1) is 11.4 Å². The number of halogens is 1. The van der Waals surface area contributed by atoms with E-state index < -0.39 is 0 Å². The lowest BCUT2D eigenvalue weighted by molar-refractivity contribution is 1.31. The van der Waals surface area contributed by atoms with Crippen LogP contribution in [-0.2, 0) is 0 Å². The number of nitrogens with one attached hydrogen (secondary N) is 2. The Labute approximate surface area is 178 Å². The molecule has 2 heterocycles. The van der Waals surface area contributed by atoms with Gasteiger partial charge in [0.2, 0.25) is 0 Å². The summed E-state index contributed by atoms with van der Waals surface area (Å²) in [6, 6.07) is 23.3. The third kappa shape index (κ3) is 3.30. The molecule has 0 aliphatic rings. The van der Waals surface area contributed by atoms with E-state index in [0.29, 0.717) is 0 Å². The van der Waals surface area contributed by atoms with E-state index in [9.17, 15) is 0 Å². The molecule has 0 aliphatic carbocycles. The number of nitrogens with zero attached hydrogens (tertiary/aromatic N) is 1. The summed E-state index contributed by atoms with van der Waals surface area (Å²) in [5, 5.41) is 1.14. The zero-order valence-corrected chi connectivity index (χ0v) is 17.8. The predicted molar refractivity (Wildman–Crippen MR) is 124 cm³/mol. The molecule has 0 atom stereocenters. The topological polar surface area (TPSA) is 44.5 Å². The standard InChI is InChI=1S/C25H20BrN3/c1-15-5-3-7-17(11-15)23-24(18-8-4-6-16(2)12-18)29-25(28-23)21-14-27-22-10-9-19(26)13-20(21)22/h3-14,27H,1-2H3,(H,28,29). The van der Waals surface area contributed by atoms with Crippen molar-refractivity contribution in [2.45, 2.75) is 13.8 Å². The van der Waals surface area contributed by atoms with E-state index in [1.165, 1.54) is 11.1 Å². The molecule has 0 radical (unpaired) electrons. The minimum absolute atomic E-state index is 0.863. The fourth-order valence-electron chi connectivity index (χ4n) is 3.80. The smallest absolute Gasteiger partial charge is 0.140 e. The number of benzene rings is 3. The highest BCUT2D eigenvalue weighted by molar-refractivity contribution is 9.10. The first-order valence-electron chi connectivity index (χ1n) is 9.59. The first kappa shape index (κ1) is 18.0. The normalized spacial score (nSPS) is 11.3. The van der Waals surface area contributed by atoms with E-state index in [1.807, 2.05) is 12.3 Å². The van der Waals surface area contributed by atoms with Crippen LogP contribution >= 0.6 is 15.9 Å². The molecule has 3 aromatic carbocycles. The Morgan fingerprint density at radius 1 is 0.828 bits per heavy atom. The Hall–Kier alpha value is -3.11. The molecule has 4 heteroatoms. The highest BCUT2D eigenvalue weighted by Crippen LogP contribution is 2.36. The summed E-state index contributed by atoms with van der Waals surface area (Å²) < 4.78 is 1.05. The zero-order chi connectivity index (χ0) is 20.0. The van der Waals surface area contributed by atoms with E-state index in [1.54, 1.807) is 0 Å². The maximum absolute atomic E-state index is 5.06. The maximum Gasteiger partial charge on any atom is 0.140 e. The molecular weight excluding hydrogens is 422 g/mol. The summed E-state index contributed by atoms with van der Waals surface area (Å²) in [5.74, 6) is 0.863. The molecule has 29 heavy (non-hydrogen) atoms. The van der Waals surface area contributed by atoms with Gasteiger partial charge in [0.1, 0.15) is 5.82 Å². The number of rotatable bonds is 3. The van der Waals surface area contributed by atoms with Crippen molar-refractivity contribution in [3.63, 3.8) is 0 Å². The minimum Gasteiger partial charge on any atom is -0.360 e. The second kappa shape index (κ2) is 7.05. The molecule has 0 saturated heterocycles. The van der Waals surface area contributed by atoms with Gasteiger partial charge in [-0.05, 0) is 44.2 Å². The molecule has 0 aliphatic heterocycles. The van der Waals surface area contributed by atoms with Gasteiger partial charge < -0.3 is 9.97 Å². The van der Waals surface area contributed by atoms with Crippen molar-refractivity contribution in [3.05, 3.63) is 88.5 Å². The highest BCUT2D eigenvalue weighted by atomic mass is 79.9. The van der Waals surface area contributed by atoms with E-state index >= 15 is 0 Å². The lowest BCUT2D eigenvalue weighted by Gasteiger charge is -2.05. The molecule has 5 aromatic rings. The summed E-state index contributed by atoms with van der Waals surface area (Å²) in [7, 11) is 0. The van der Waals surface area contributed by atoms with E-state index in [2.05, 4.69) is 100 Å². The van der Waals surface area contributed by atoms with Crippen LogP contribution in [0.1, 0.15) is 11.1 Å². The van der Waals surface area contributed by atoms with E-state index in [0.717, 1.165) is 49.3 Å². The summed E-state index contributed by atoms with van der Waals surface area (Å²) in [6.07, 6.45) is 2.02. The second-order valence-electron chi connectivity index (χ2n) is 7.44. The van der Waals surface area contributed by atoms with Gasteiger partial charge in [-0.25, -0.2) is 4.98 Å². The van der Waals surface area contributed by atoms with Crippen LogP contribution in [0, 0.1) is 13.8 Å². The van der Waals surface area contributed by atoms with E-state index in [4.69, 9.17) is 4.98 Å². The van der Waals surface area contributed by atoms with Crippen molar-refractivity contribution in [1.82, 2.24) is 15.0 Å². The summed E-state index contributed by atoms with van der Waals surface area (Å²) >= 11 is 3.59. The molecule has 142 valence electrons. The van der Waals surface area contributed by atoms with Crippen molar-refractivity contribution >= 4 is 26.8 Å². The van der Waals surface area contributed by atoms with Crippen LogP contribution in [0.25, 0.3) is 44.8 Å². The van der Waals surface area contributed by atoms with Crippen molar-refractivity contribution in [2.24, 2.45) is 0 Å². The van der Waals surface area contributed by atoms with Crippen LogP contribution < -0.4 is 0 Å². The van der Waals surface area contributed by atoms with Crippen molar-refractivity contribution in [3.8, 4) is 33.9 Å². The van der Waals surface area contributed by atoms with Crippen LogP contribution in [0.4, 0.5) is 0 Å². The van der Waals surface area contributed by atoms with Gasteiger partial charge in [-0.3, -0.25) is 0 Å². The average molecular weight is 442 g/mol. The first-order chi connectivity index (χ1) is 14.1. The molecule has 0 saturated carbocycles. The second-order valence-corrected chi connectivity index (χ2v) is 8.36. The van der Waals surface area contributed by atoms with Gasteiger partial charge in [0, 0.05) is 38.3 Å². The van der Waals surface area contributed by atoms with Gasteiger partial charge >= 0.3 is 0 Å². The molecule has 2 N–H and O–H groups in total. The number of hydrogen-bond acceptors (Lipinski definition) is 1. The average Bonchev–Trinajstić information content (AvgIpc) is 3.32. The van der Waals surface area contributed by atoms with Gasteiger partial charge in [-0.2, -0.15) is 0 Å². The number of aryl methyl sites for hydroxylation is 2. The summed E-state index contributed by atoms with van der Waals surface area (Å²) in [4.78, 5) is 12.0. The van der Waals surface area contributed by atoms with Crippen LogP contribution in [0.5, 0.6) is 0 Å².